The second-order valence-electron chi connectivity index (χ2n) is 3.46. The molecule has 0 spiro atoms. The van der Waals surface area contributed by atoms with Gasteiger partial charge < -0.3 is 14.2 Å². The lowest BCUT2D eigenvalue weighted by Gasteiger charge is -2.11. The van der Waals surface area contributed by atoms with Crippen LogP contribution in [-0.4, -0.2) is 21.3 Å². The molecule has 0 aliphatic rings. The van der Waals surface area contributed by atoms with Crippen molar-refractivity contribution in [3.05, 3.63) is 17.7 Å². The Morgan fingerprint density at radius 3 is 2.06 bits per heavy atom. The Hall–Kier alpha value is -1.82. The fourth-order valence-corrected chi connectivity index (χ4v) is 1.41. The quantitative estimate of drug-likeness (QED) is 0.750. The minimum absolute atomic E-state index is 0.644. The van der Waals surface area contributed by atoms with E-state index in [-0.39, 0.29) is 0 Å². The molecule has 0 aromatic heterocycles. The molecule has 0 atom stereocenters. The molecule has 3 heteroatoms. The molecule has 1 aromatic carbocycles. The summed E-state index contributed by atoms with van der Waals surface area (Å²) in [5.74, 6) is 8.17. The first kappa shape index (κ1) is 13.2. The Balaban J connectivity index is 3.16. The molecule has 3 nitrogen and oxygen atoms in total. The fourth-order valence-electron chi connectivity index (χ4n) is 1.41. The SMILES string of the molecule is CCCC#Cc1cc(OC)c(OC)cc1OC. The van der Waals surface area contributed by atoms with E-state index in [9.17, 15) is 0 Å². The summed E-state index contributed by atoms with van der Waals surface area (Å²) in [7, 11) is 4.82. The van der Waals surface area contributed by atoms with Gasteiger partial charge in [0, 0.05) is 18.6 Å². The highest BCUT2D eigenvalue weighted by Crippen LogP contribution is 2.34. The van der Waals surface area contributed by atoms with E-state index in [1.807, 2.05) is 6.07 Å². The monoisotopic (exact) mass is 234 g/mol. The van der Waals surface area contributed by atoms with Crippen LogP contribution < -0.4 is 14.2 Å². The highest BCUT2D eigenvalue weighted by Gasteiger charge is 2.09. The zero-order valence-electron chi connectivity index (χ0n) is 10.8. The number of rotatable bonds is 4. The third-order valence-corrected chi connectivity index (χ3v) is 2.30. The second kappa shape index (κ2) is 6.70. The molecule has 0 aliphatic carbocycles. The Morgan fingerprint density at radius 1 is 0.941 bits per heavy atom. The lowest BCUT2D eigenvalue weighted by atomic mass is 10.1. The van der Waals surface area contributed by atoms with Gasteiger partial charge in [0.25, 0.3) is 0 Å². The van der Waals surface area contributed by atoms with Gasteiger partial charge in [-0.1, -0.05) is 18.8 Å². The zero-order chi connectivity index (χ0) is 12.7. The molecule has 0 radical (unpaired) electrons. The summed E-state index contributed by atoms with van der Waals surface area (Å²) in [5.41, 5.74) is 0.818. The molecule has 0 fully saturated rings. The highest BCUT2D eigenvalue weighted by atomic mass is 16.5. The average molecular weight is 234 g/mol. The van der Waals surface area contributed by atoms with Gasteiger partial charge in [-0.05, 0) is 6.42 Å². The molecule has 1 aromatic rings. The van der Waals surface area contributed by atoms with E-state index in [1.54, 1.807) is 27.4 Å². The number of methoxy groups -OCH3 is 3. The lowest BCUT2D eigenvalue weighted by Crippen LogP contribution is -1.94. The van der Waals surface area contributed by atoms with E-state index >= 15 is 0 Å². The van der Waals surface area contributed by atoms with Gasteiger partial charge in [0.15, 0.2) is 11.5 Å². The molecule has 0 amide bonds. The number of unbranched alkanes of at least 4 members (excludes halogenated alkanes) is 1. The number of ether oxygens (including phenoxy) is 3. The summed E-state index contributed by atoms with van der Waals surface area (Å²) in [6.07, 6.45) is 1.92. The van der Waals surface area contributed by atoms with Gasteiger partial charge in [-0.3, -0.25) is 0 Å². The van der Waals surface area contributed by atoms with E-state index in [1.165, 1.54) is 0 Å². The van der Waals surface area contributed by atoms with Crippen molar-refractivity contribution in [2.24, 2.45) is 0 Å². The van der Waals surface area contributed by atoms with E-state index in [0.717, 1.165) is 18.4 Å². The Kier molecular flexibility index (Phi) is 5.22. The Bertz CT molecular complexity index is 427. The normalized spacial score (nSPS) is 9.18. The predicted octanol–water partition coefficient (Wildman–Crippen LogP) is 2.86. The van der Waals surface area contributed by atoms with Crippen molar-refractivity contribution in [3.8, 4) is 29.1 Å². The second-order valence-corrected chi connectivity index (χ2v) is 3.46. The molecular formula is C14H18O3. The Labute approximate surface area is 103 Å². The third kappa shape index (κ3) is 3.32. The molecule has 0 saturated carbocycles. The van der Waals surface area contributed by atoms with Crippen molar-refractivity contribution in [2.75, 3.05) is 21.3 Å². The minimum Gasteiger partial charge on any atom is -0.495 e. The molecule has 17 heavy (non-hydrogen) atoms. The van der Waals surface area contributed by atoms with Crippen molar-refractivity contribution in [2.45, 2.75) is 19.8 Å². The Morgan fingerprint density at radius 2 is 1.53 bits per heavy atom. The van der Waals surface area contributed by atoms with Gasteiger partial charge in [0.05, 0.1) is 26.9 Å². The molecule has 1 rings (SSSR count). The van der Waals surface area contributed by atoms with Crippen LogP contribution in [0.3, 0.4) is 0 Å². The standard InChI is InChI=1S/C14H18O3/c1-5-6-7-8-11-9-13(16-3)14(17-4)10-12(11)15-2/h9-10H,5-6H2,1-4H3. The van der Waals surface area contributed by atoms with E-state index in [0.29, 0.717) is 17.2 Å². The molecule has 92 valence electrons. The van der Waals surface area contributed by atoms with Crippen molar-refractivity contribution in [1.82, 2.24) is 0 Å². The van der Waals surface area contributed by atoms with Gasteiger partial charge in [0.2, 0.25) is 0 Å². The lowest BCUT2D eigenvalue weighted by molar-refractivity contribution is 0.348. The molecule has 0 heterocycles. The van der Waals surface area contributed by atoms with Gasteiger partial charge in [-0.15, -0.1) is 0 Å². The number of hydrogen-bond donors (Lipinski definition) is 0. The van der Waals surface area contributed by atoms with Crippen LogP contribution in [0.1, 0.15) is 25.3 Å². The first-order valence-corrected chi connectivity index (χ1v) is 5.55. The smallest absolute Gasteiger partial charge is 0.164 e. The maximum absolute atomic E-state index is 5.28. The molecule has 0 aliphatic heterocycles. The van der Waals surface area contributed by atoms with E-state index in [2.05, 4.69) is 18.8 Å². The highest BCUT2D eigenvalue weighted by molar-refractivity contribution is 5.56. The van der Waals surface area contributed by atoms with Crippen LogP contribution in [0.2, 0.25) is 0 Å². The first-order chi connectivity index (χ1) is 8.26. The maximum atomic E-state index is 5.28. The summed E-state index contributed by atoms with van der Waals surface area (Å²) in [6.45, 7) is 2.10. The van der Waals surface area contributed by atoms with Gasteiger partial charge >= 0.3 is 0 Å². The average Bonchev–Trinajstić information content (AvgIpc) is 2.38. The summed E-state index contributed by atoms with van der Waals surface area (Å²) in [5, 5.41) is 0. The van der Waals surface area contributed by atoms with Crippen molar-refractivity contribution >= 4 is 0 Å². The molecular weight excluding hydrogens is 216 g/mol. The number of hydrogen-bond acceptors (Lipinski definition) is 3. The van der Waals surface area contributed by atoms with Crippen LogP contribution in [0.25, 0.3) is 0 Å². The third-order valence-electron chi connectivity index (χ3n) is 2.30. The van der Waals surface area contributed by atoms with Crippen molar-refractivity contribution in [3.63, 3.8) is 0 Å². The first-order valence-electron chi connectivity index (χ1n) is 5.55. The van der Waals surface area contributed by atoms with Crippen LogP contribution >= 0.6 is 0 Å². The van der Waals surface area contributed by atoms with E-state index < -0.39 is 0 Å². The fraction of sp³-hybridized carbons (Fsp3) is 0.429. The van der Waals surface area contributed by atoms with Crippen LogP contribution in [0.15, 0.2) is 12.1 Å². The molecule has 0 N–H and O–H groups in total. The van der Waals surface area contributed by atoms with Crippen LogP contribution in [0, 0.1) is 11.8 Å². The summed E-state index contributed by atoms with van der Waals surface area (Å²) in [4.78, 5) is 0. The maximum Gasteiger partial charge on any atom is 0.164 e. The summed E-state index contributed by atoms with van der Waals surface area (Å²) >= 11 is 0. The van der Waals surface area contributed by atoms with E-state index in [4.69, 9.17) is 14.2 Å². The topological polar surface area (TPSA) is 27.7 Å². The van der Waals surface area contributed by atoms with Gasteiger partial charge in [0.1, 0.15) is 5.75 Å². The largest absolute Gasteiger partial charge is 0.495 e. The zero-order valence-corrected chi connectivity index (χ0v) is 10.8. The summed E-state index contributed by atoms with van der Waals surface area (Å²) in [6, 6.07) is 3.62. The molecule has 0 bridgehead atoms. The van der Waals surface area contributed by atoms with Crippen LogP contribution in [-0.2, 0) is 0 Å². The van der Waals surface area contributed by atoms with Crippen LogP contribution in [0.5, 0.6) is 17.2 Å². The minimum atomic E-state index is 0.644. The molecule has 0 unspecified atom stereocenters. The molecule has 0 saturated heterocycles. The van der Waals surface area contributed by atoms with Crippen LogP contribution in [0.4, 0.5) is 0 Å². The predicted molar refractivity (Wildman–Crippen MR) is 67.9 cm³/mol. The summed E-state index contributed by atoms with van der Waals surface area (Å²) < 4.78 is 15.7. The van der Waals surface area contributed by atoms with Gasteiger partial charge in [-0.2, -0.15) is 0 Å². The van der Waals surface area contributed by atoms with Crippen molar-refractivity contribution < 1.29 is 14.2 Å². The van der Waals surface area contributed by atoms with Gasteiger partial charge in [-0.25, -0.2) is 0 Å². The van der Waals surface area contributed by atoms with Crippen molar-refractivity contribution in [1.29, 1.82) is 0 Å². The number of benzene rings is 1.